The van der Waals surface area contributed by atoms with Crippen molar-refractivity contribution in [2.75, 3.05) is 26.9 Å². The van der Waals surface area contributed by atoms with Crippen molar-refractivity contribution in [3.8, 4) is 0 Å². The highest BCUT2D eigenvalue weighted by Gasteiger charge is 2.45. The van der Waals surface area contributed by atoms with Gasteiger partial charge in [0, 0.05) is 26.4 Å². The Balaban J connectivity index is 3.07. The summed E-state index contributed by atoms with van der Waals surface area (Å²) in [6, 6.07) is -0.400. The lowest BCUT2D eigenvalue weighted by Gasteiger charge is -2.37. The van der Waals surface area contributed by atoms with Gasteiger partial charge in [0.25, 0.3) is 0 Å². The largest absolute Gasteiger partial charge is 0.466 e. The molecule has 0 unspecified atom stereocenters. The summed E-state index contributed by atoms with van der Waals surface area (Å²) in [5, 5.41) is 3.24. The smallest absolute Gasteiger partial charge is 0.309 e. The highest BCUT2D eigenvalue weighted by atomic mass is 28.4. The first-order valence-corrected chi connectivity index (χ1v) is 17.2. The van der Waals surface area contributed by atoms with E-state index in [0.717, 1.165) is 12.8 Å². The van der Waals surface area contributed by atoms with E-state index in [0.29, 0.717) is 51.9 Å². The van der Waals surface area contributed by atoms with Crippen LogP contribution in [0.5, 0.6) is 0 Å². The van der Waals surface area contributed by atoms with Crippen LogP contribution >= 0.6 is 0 Å². The molecular weight excluding hydrogens is 502 g/mol. The normalized spacial score (nSPS) is 17.5. The van der Waals surface area contributed by atoms with Crippen LogP contribution in [0, 0.1) is 11.3 Å². The molecule has 1 N–H and O–H groups in total. The van der Waals surface area contributed by atoms with E-state index in [9.17, 15) is 14.4 Å². The first-order valence-electron chi connectivity index (χ1n) is 14.3. The monoisotopic (exact) mass is 557 g/mol. The van der Waals surface area contributed by atoms with Crippen LogP contribution < -0.4 is 5.32 Å². The molecule has 0 bridgehead atoms. The maximum Gasteiger partial charge on any atom is 0.309 e. The van der Waals surface area contributed by atoms with Crippen LogP contribution in [-0.4, -0.2) is 64.7 Å². The number of hydrogen-bond acceptors (Lipinski definition) is 7. The molecule has 2 atom stereocenters. The number of carbonyl (C=O) groups excluding carboxylic acids is 3. The molecule has 0 radical (unpaired) electrons. The second-order valence-electron chi connectivity index (χ2n) is 13.3. The van der Waals surface area contributed by atoms with Gasteiger partial charge >= 0.3 is 11.9 Å². The van der Waals surface area contributed by atoms with E-state index in [4.69, 9.17) is 18.6 Å². The number of hydrogen-bond donors (Lipinski definition) is 1. The number of methoxy groups -OCH3 is 1. The van der Waals surface area contributed by atoms with Crippen molar-refractivity contribution in [3.05, 3.63) is 0 Å². The Labute approximate surface area is 232 Å². The standard InChI is InChI=1S/C29H55NO7Si/c1-11-35-24(31)20-23(15-19-36-38(9,10)28(5,6)7)30-26(33)29(16-12-13-17-29)21-22(14-18-34-8)25(32)37-27(2,3)4/h22-23H,11-21H2,1-10H3,(H,30,33)/t22-,23+/m1/s1. The minimum atomic E-state index is -1.97. The lowest BCUT2D eigenvalue weighted by molar-refractivity contribution is -0.162. The number of amides is 1. The summed E-state index contributed by atoms with van der Waals surface area (Å²) in [6.45, 7) is 19.4. The fourth-order valence-electron chi connectivity index (χ4n) is 4.65. The fraction of sp³-hybridized carbons (Fsp3) is 0.897. The molecule has 0 aromatic heterocycles. The summed E-state index contributed by atoms with van der Waals surface area (Å²) in [7, 11) is -0.359. The Morgan fingerprint density at radius 2 is 1.58 bits per heavy atom. The van der Waals surface area contributed by atoms with Crippen molar-refractivity contribution in [2.24, 2.45) is 11.3 Å². The fourth-order valence-corrected chi connectivity index (χ4v) is 5.71. The molecule has 1 saturated carbocycles. The van der Waals surface area contributed by atoms with Gasteiger partial charge in [-0.2, -0.15) is 0 Å². The lowest BCUT2D eigenvalue weighted by atomic mass is 9.75. The summed E-state index contributed by atoms with van der Waals surface area (Å²) < 4.78 is 22.5. The third-order valence-corrected chi connectivity index (χ3v) is 12.4. The molecule has 9 heteroatoms. The Hall–Kier alpha value is -1.45. The third-order valence-electron chi connectivity index (χ3n) is 7.88. The molecule has 1 rings (SSSR count). The second kappa shape index (κ2) is 14.8. The highest BCUT2D eigenvalue weighted by Crippen LogP contribution is 2.45. The van der Waals surface area contributed by atoms with Crippen LogP contribution in [0.2, 0.25) is 18.1 Å². The lowest BCUT2D eigenvalue weighted by Crippen LogP contribution is -2.48. The van der Waals surface area contributed by atoms with E-state index in [-0.39, 0.29) is 29.3 Å². The minimum Gasteiger partial charge on any atom is -0.466 e. The van der Waals surface area contributed by atoms with Gasteiger partial charge in [-0.25, -0.2) is 0 Å². The number of esters is 2. The summed E-state index contributed by atoms with van der Waals surface area (Å²) in [5.74, 6) is -1.16. The van der Waals surface area contributed by atoms with Gasteiger partial charge in [-0.1, -0.05) is 33.6 Å². The Kier molecular flexibility index (Phi) is 13.5. The Morgan fingerprint density at radius 3 is 2.08 bits per heavy atom. The van der Waals surface area contributed by atoms with Crippen LogP contribution in [-0.2, 0) is 33.0 Å². The van der Waals surface area contributed by atoms with Crippen molar-refractivity contribution < 1.29 is 33.0 Å². The van der Waals surface area contributed by atoms with Crippen molar-refractivity contribution in [2.45, 2.75) is 130 Å². The van der Waals surface area contributed by atoms with E-state index in [1.54, 1.807) is 14.0 Å². The van der Waals surface area contributed by atoms with Gasteiger partial charge in [0.1, 0.15) is 5.60 Å². The van der Waals surface area contributed by atoms with Gasteiger partial charge in [0.15, 0.2) is 8.32 Å². The van der Waals surface area contributed by atoms with Gasteiger partial charge in [-0.05, 0) is 77.9 Å². The molecule has 38 heavy (non-hydrogen) atoms. The molecule has 1 amide bonds. The first-order chi connectivity index (χ1) is 17.5. The zero-order valence-electron chi connectivity index (χ0n) is 25.8. The molecule has 1 aliphatic carbocycles. The van der Waals surface area contributed by atoms with Crippen molar-refractivity contribution in [1.29, 1.82) is 0 Å². The summed E-state index contributed by atoms with van der Waals surface area (Å²) >= 11 is 0. The van der Waals surface area contributed by atoms with Crippen LogP contribution in [0.25, 0.3) is 0 Å². The molecule has 0 aliphatic heterocycles. The second-order valence-corrected chi connectivity index (χ2v) is 18.1. The van der Waals surface area contributed by atoms with Gasteiger partial charge in [0.2, 0.25) is 5.91 Å². The summed E-state index contributed by atoms with van der Waals surface area (Å²) in [6.07, 6.45) is 4.78. The van der Waals surface area contributed by atoms with Crippen LogP contribution in [0.1, 0.15) is 99.8 Å². The summed E-state index contributed by atoms with van der Waals surface area (Å²) in [5.41, 5.74) is -1.29. The average molecular weight is 558 g/mol. The maximum atomic E-state index is 13.9. The number of ether oxygens (including phenoxy) is 3. The molecular formula is C29H55NO7Si. The maximum absolute atomic E-state index is 13.9. The Morgan fingerprint density at radius 1 is 0.974 bits per heavy atom. The van der Waals surface area contributed by atoms with Gasteiger partial charge in [-0.15, -0.1) is 0 Å². The van der Waals surface area contributed by atoms with Crippen LogP contribution in [0.15, 0.2) is 0 Å². The molecule has 0 spiro atoms. The molecule has 222 valence electrons. The van der Waals surface area contributed by atoms with Crippen molar-refractivity contribution >= 4 is 26.2 Å². The van der Waals surface area contributed by atoms with Gasteiger partial charge in [0.05, 0.1) is 24.4 Å². The number of rotatable bonds is 15. The molecule has 1 fully saturated rings. The molecule has 1 aliphatic rings. The molecule has 0 saturated heterocycles. The van der Waals surface area contributed by atoms with Crippen LogP contribution in [0.4, 0.5) is 0 Å². The number of carbonyl (C=O) groups is 3. The topological polar surface area (TPSA) is 100 Å². The molecule has 0 aromatic carbocycles. The zero-order chi connectivity index (χ0) is 29.2. The third kappa shape index (κ3) is 11.3. The first kappa shape index (κ1) is 34.6. The predicted molar refractivity (Wildman–Crippen MR) is 152 cm³/mol. The Bertz CT molecular complexity index is 764. The molecule has 0 aromatic rings. The van der Waals surface area contributed by atoms with E-state index >= 15 is 0 Å². The minimum absolute atomic E-state index is 0.0691. The van der Waals surface area contributed by atoms with Gasteiger partial charge < -0.3 is 24.0 Å². The quantitative estimate of drug-likeness (QED) is 0.201. The number of nitrogens with one attached hydrogen (secondary N) is 1. The SMILES string of the molecule is CCOC(=O)C[C@H](CCO[Si](C)(C)C(C)(C)C)NC(=O)C1(C[C@@H](CCOC)C(=O)OC(C)(C)C)CCCC1. The van der Waals surface area contributed by atoms with E-state index < -0.39 is 31.3 Å². The average Bonchev–Trinajstić information content (AvgIpc) is 3.24. The molecule has 0 heterocycles. The van der Waals surface area contributed by atoms with Crippen molar-refractivity contribution in [1.82, 2.24) is 5.32 Å². The van der Waals surface area contributed by atoms with E-state index in [1.165, 1.54) is 0 Å². The van der Waals surface area contributed by atoms with E-state index in [1.807, 2.05) is 20.8 Å². The summed E-state index contributed by atoms with van der Waals surface area (Å²) in [4.78, 5) is 39.4. The highest BCUT2D eigenvalue weighted by molar-refractivity contribution is 6.74. The van der Waals surface area contributed by atoms with Crippen LogP contribution in [0.3, 0.4) is 0 Å². The van der Waals surface area contributed by atoms with Gasteiger partial charge in [-0.3, -0.25) is 14.4 Å². The van der Waals surface area contributed by atoms with Crippen molar-refractivity contribution in [3.63, 3.8) is 0 Å². The molecule has 8 nitrogen and oxygen atoms in total. The predicted octanol–water partition coefficient (Wildman–Crippen LogP) is 5.78. The zero-order valence-corrected chi connectivity index (χ0v) is 26.8. The van der Waals surface area contributed by atoms with E-state index in [2.05, 4.69) is 39.2 Å².